The van der Waals surface area contributed by atoms with Gasteiger partial charge in [0.15, 0.2) is 11.8 Å². The molecule has 22 heavy (non-hydrogen) atoms. The lowest BCUT2D eigenvalue weighted by Crippen LogP contribution is -2.45. The third-order valence-corrected chi connectivity index (χ3v) is 5.30. The van der Waals surface area contributed by atoms with Gasteiger partial charge in [-0.1, -0.05) is 6.42 Å². The Morgan fingerprint density at radius 1 is 1.41 bits per heavy atom. The molecule has 1 aliphatic carbocycles. The topological polar surface area (TPSA) is 67.1 Å². The smallest absolute Gasteiger partial charge is 0.191 e. The zero-order chi connectivity index (χ0) is 15.9. The Morgan fingerprint density at radius 2 is 2.23 bits per heavy atom. The highest BCUT2D eigenvalue weighted by Crippen LogP contribution is 2.26. The van der Waals surface area contributed by atoms with Crippen LogP contribution in [0.2, 0.25) is 0 Å². The summed E-state index contributed by atoms with van der Waals surface area (Å²) >= 11 is 1.98. The summed E-state index contributed by atoms with van der Waals surface area (Å²) in [5.74, 6) is 2.69. The van der Waals surface area contributed by atoms with Gasteiger partial charge in [-0.05, 0) is 39.4 Å². The molecule has 0 saturated heterocycles. The van der Waals surface area contributed by atoms with Crippen LogP contribution in [-0.4, -0.2) is 44.8 Å². The van der Waals surface area contributed by atoms with E-state index in [0.717, 1.165) is 29.4 Å². The molecule has 0 spiro atoms. The molecular formula is C15H28N6S. The molecule has 0 radical (unpaired) electrons. The van der Waals surface area contributed by atoms with Gasteiger partial charge in [0.25, 0.3) is 0 Å². The van der Waals surface area contributed by atoms with Crippen LogP contribution >= 0.6 is 11.8 Å². The lowest BCUT2D eigenvalue weighted by Gasteiger charge is -2.29. The average molecular weight is 324 g/mol. The van der Waals surface area contributed by atoms with E-state index in [1.165, 1.54) is 25.7 Å². The molecular weight excluding hydrogens is 296 g/mol. The minimum atomic E-state index is 0.519. The van der Waals surface area contributed by atoms with Gasteiger partial charge >= 0.3 is 0 Å². The van der Waals surface area contributed by atoms with Crippen molar-refractivity contribution in [2.75, 3.05) is 12.8 Å². The third-order valence-electron chi connectivity index (χ3n) is 4.21. The molecule has 1 fully saturated rings. The molecule has 124 valence electrons. The van der Waals surface area contributed by atoms with E-state index in [1.807, 2.05) is 30.3 Å². The molecule has 6 nitrogen and oxygen atoms in total. The Kier molecular flexibility index (Phi) is 6.54. The standard InChI is InChI=1S/C15H28N6S/c1-5-16-15(17-10-14-20-19-11(2)21(14)3)18-12-7-6-8-13(9-12)22-4/h12-13H,5-10H2,1-4H3,(H2,16,17,18). The minimum absolute atomic E-state index is 0.519. The van der Waals surface area contributed by atoms with Crippen molar-refractivity contribution < 1.29 is 0 Å². The lowest BCUT2D eigenvalue weighted by molar-refractivity contribution is 0.419. The van der Waals surface area contributed by atoms with Crippen molar-refractivity contribution in [3.63, 3.8) is 0 Å². The summed E-state index contributed by atoms with van der Waals surface area (Å²) < 4.78 is 1.98. The number of hydrogen-bond acceptors (Lipinski definition) is 4. The Morgan fingerprint density at radius 3 is 2.86 bits per heavy atom. The summed E-state index contributed by atoms with van der Waals surface area (Å²) in [6.07, 6.45) is 7.29. The van der Waals surface area contributed by atoms with Crippen molar-refractivity contribution in [3.8, 4) is 0 Å². The number of aryl methyl sites for hydroxylation is 1. The summed E-state index contributed by atoms with van der Waals surface area (Å²) in [7, 11) is 1.98. The van der Waals surface area contributed by atoms with Gasteiger partial charge in [-0.15, -0.1) is 10.2 Å². The molecule has 1 aromatic heterocycles. The molecule has 0 amide bonds. The fraction of sp³-hybridized carbons (Fsp3) is 0.800. The van der Waals surface area contributed by atoms with E-state index in [9.17, 15) is 0 Å². The molecule has 2 unspecified atom stereocenters. The Labute approximate surface area is 137 Å². The van der Waals surface area contributed by atoms with Crippen LogP contribution in [0, 0.1) is 6.92 Å². The Bertz CT molecular complexity index is 498. The van der Waals surface area contributed by atoms with E-state index in [1.54, 1.807) is 0 Å². The van der Waals surface area contributed by atoms with Crippen molar-refractivity contribution in [3.05, 3.63) is 11.6 Å². The molecule has 1 heterocycles. The molecule has 0 aromatic carbocycles. The van der Waals surface area contributed by atoms with Crippen LogP contribution in [0.1, 0.15) is 44.3 Å². The van der Waals surface area contributed by atoms with Gasteiger partial charge in [0, 0.05) is 24.9 Å². The second-order valence-corrected chi connectivity index (χ2v) is 6.92. The highest BCUT2D eigenvalue weighted by Gasteiger charge is 2.21. The summed E-state index contributed by atoms with van der Waals surface area (Å²) in [4.78, 5) is 4.67. The van der Waals surface area contributed by atoms with E-state index in [-0.39, 0.29) is 0 Å². The van der Waals surface area contributed by atoms with Crippen LogP contribution in [0.5, 0.6) is 0 Å². The number of guanidine groups is 1. The predicted octanol–water partition coefficient (Wildman–Crippen LogP) is 1.85. The summed E-state index contributed by atoms with van der Waals surface area (Å²) in [5, 5.41) is 15.9. The number of rotatable bonds is 5. The maximum atomic E-state index is 4.67. The molecule has 2 atom stereocenters. The number of aromatic nitrogens is 3. The SMILES string of the molecule is CCNC(=NCc1nnc(C)n1C)NC1CCCC(SC)C1. The Hall–Kier alpha value is -1.24. The van der Waals surface area contributed by atoms with Crippen LogP contribution < -0.4 is 10.6 Å². The first kappa shape index (κ1) is 17.1. The Balaban J connectivity index is 1.96. The molecule has 0 bridgehead atoms. The first-order chi connectivity index (χ1) is 10.6. The molecule has 1 aliphatic rings. The fourth-order valence-corrected chi connectivity index (χ4v) is 3.57. The van der Waals surface area contributed by atoms with Crippen LogP contribution in [0.15, 0.2) is 4.99 Å². The van der Waals surface area contributed by atoms with Crippen molar-refractivity contribution in [2.24, 2.45) is 12.0 Å². The average Bonchev–Trinajstić information content (AvgIpc) is 2.85. The van der Waals surface area contributed by atoms with Gasteiger partial charge < -0.3 is 15.2 Å². The maximum absolute atomic E-state index is 4.67. The quantitative estimate of drug-likeness (QED) is 0.639. The molecule has 2 rings (SSSR count). The van der Waals surface area contributed by atoms with E-state index in [2.05, 4.69) is 39.0 Å². The van der Waals surface area contributed by atoms with Gasteiger partial charge in [-0.25, -0.2) is 4.99 Å². The van der Waals surface area contributed by atoms with E-state index < -0.39 is 0 Å². The number of thioether (sulfide) groups is 1. The van der Waals surface area contributed by atoms with Crippen LogP contribution in [-0.2, 0) is 13.6 Å². The predicted molar refractivity (Wildman–Crippen MR) is 93.3 cm³/mol. The second-order valence-electron chi connectivity index (χ2n) is 5.78. The largest absolute Gasteiger partial charge is 0.357 e. The molecule has 2 N–H and O–H groups in total. The first-order valence-corrected chi connectivity index (χ1v) is 9.35. The van der Waals surface area contributed by atoms with E-state index in [4.69, 9.17) is 0 Å². The number of nitrogens with zero attached hydrogens (tertiary/aromatic N) is 4. The van der Waals surface area contributed by atoms with E-state index >= 15 is 0 Å². The van der Waals surface area contributed by atoms with Gasteiger partial charge in [0.1, 0.15) is 12.4 Å². The van der Waals surface area contributed by atoms with E-state index in [0.29, 0.717) is 12.6 Å². The van der Waals surface area contributed by atoms with Gasteiger partial charge in [0.2, 0.25) is 0 Å². The van der Waals surface area contributed by atoms with Gasteiger partial charge in [0.05, 0.1) is 0 Å². The third kappa shape index (κ3) is 4.63. The first-order valence-electron chi connectivity index (χ1n) is 8.06. The summed E-state index contributed by atoms with van der Waals surface area (Å²) in [6.45, 7) is 5.46. The van der Waals surface area contributed by atoms with Gasteiger partial charge in [-0.3, -0.25) is 0 Å². The van der Waals surface area contributed by atoms with Crippen LogP contribution in [0.4, 0.5) is 0 Å². The number of aliphatic imine (C=N–C) groups is 1. The minimum Gasteiger partial charge on any atom is -0.357 e. The normalized spacial score (nSPS) is 22.6. The zero-order valence-corrected chi connectivity index (χ0v) is 14.9. The monoisotopic (exact) mass is 324 g/mol. The van der Waals surface area contributed by atoms with Crippen LogP contribution in [0.3, 0.4) is 0 Å². The highest BCUT2D eigenvalue weighted by atomic mass is 32.2. The fourth-order valence-electron chi connectivity index (χ4n) is 2.74. The highest BCUT2D eigenvalue weighted by molar-refractivity contribution is 7.99. The lowest BCUT2D eigenvalue weighted by atomic mass is 9.95. The second kappa shape index (κ2) is 8.41. The van der Waals surface area contributed by atoms with Crippen LogP contribution in [0.25, 0.3) is 0 Å². The summed E-state index contributed by atoms with van der Waals surface area (Å²) in [5.41, 5.74) is 0. The molecule has 1 aromatic rings. The summed E-state index contributed by atoms with van der Waals surface area (Å²) in [6, 6.07) is 0.519. The number of hydrogen-bond donors (Lipinski definition) is 2. The van der Waals surface area contributed by atoms with Crippen molar-refractivity contribution in [1.29, 1.82) is 0 Å². The van der Waals surface area contributed by atoms with Crippen molar-refractivity contribution in [2.45, 2.75) is 57.4 Å². The van der Waals surface area contributed by atoms with Crippen molar-refractivity contribution >= 4 is 17.7 Å². The number of nitrogens with one attached hydrogen (secondary N) is 2. The van der Waals surface area contributed by atoms with Gasteiger partial charge in [-0.2, -0.15) is 11.8 Å². The molecule has 7 heteroatoms. The zero-order valence-electron chi connectivity index (χ0n) is 14.1. The molecule has 0 aliphatic heterocycles. The molecule has 1 saturated carbocycles. The maximum Gasteiger partial charge on any atom is 0.191 e. The van der Waals surface area contributed by atoms with Crippen molar-refractivity contribution in [1.82, 2.24) is 25.4 Å².